The fourth-order valence-electron chi connectivity index (χ4n) is 0.462. The van der Waals surface area contributed by atoms with Crippen LogP contribution in [0.5, 0.6) is 0 Å². The van der Waals surface area contributed by atoms with Crippen molar-refractivity contribution in [3.8, 4) is 0 Å². The number of nitrogens with two attached hydrogens (primary N) is 1. The summed E-state index contributed by atoms with van der Waals surface area (Å²) in [5, 5.41) is 2.67. The maximum absolute atomic E-state index is 10.8. The maximum atomic E-state index is 10.8. The molecular weight excluding hydrogens is 148 g/mol. The summed E-state index contributed by atoms with van der Waals surface area (Å²) in [6.07, 6.45) is 0.936. The molecule has 0 rings (SSSR count). The highest BCUT2D eigenvalue weighted by Crippen LogP contribution is 1.82. The third kappa shape index (κ3) is 3.74. The average Bonchev–Trinajstić information content (AvgIpc) is 1.98. The molecule has 0 aliphatic heterocycles. The largest absolute Gasteiger partial charge is 0.355 e. The van der Waals surface area contributed by atoms with Gasteiger partial charge in [-0.1, -0.05) is 6.92 Å². The lowest BCUT2D eigenvalue weighted by molar-refractivity contribution is -0.121. The molecule has 0 saturated heterocycles. The van der Waals surface area contributed by atoms with Gasteiger partial charge < -0.3 is 11.1 Å². The van der Waals surface area contributed by atoms with Gasteiger partial charge in [0.1, 0.15) is 0 Å². The molecule has 10 heavy (non-hydrogen) atoms. The first-order valence-electron chi connectivity index (χ1n) is 3.36. The van der Waals surface area contributed by atoms with Crippen LogP contribution in [0.15, 0.2) is 0 Å². The molecule has 0 saturated carbocycles. The van der Waals surface area contributed by atoms with Crippen LogP contribution in [-0.4, -0.2) is 24.2 Å². The van der Waals surface area contributed by atoms with Crippen molar-refractivity contribution < 1.29 is 4.79 Å². The molecule has 0 aliphatic carbocycles. The minimum atomic E-state index is -0.463. The number of hydrogen-bond acceptors (Lipinski definition) is 3. The van der Waals surface area contributed by atoms with Gasteiger partial charge in [-0.2, -0.15) is 12.6 Å². The van der Waals surface area contributed by atoms with E-state index >= 15 is 0 Å². The summed E-state index contributed by atoms with van der Waals surface area (Å²) < 4.78 is 0. The predicted molar refractivity (Wildman–Crippen MR) is 45.1 cm³/mol. The molecule has 3 N–H and O–H groups in total. The smallest absolute Gasteiger partial charge is 0.237 e. The van der Waals surface area contributed by atoms with Crippen molar-refractivity contribution in [2.24, 2.45) is 5.73 Å². The number of carbonyl (C=O) groups excluding carboxylic acids is 1. The first-order valence-corrected chi connectivity index (χ1v) is 3.99. The molecule has 0 radical (unpaired) electrons. The monoisotopic (exact) mass is 162 g/mol. The van der Waals surface area contributed by atoms with Crippen molar-refractivity contribution >= 4 is 18.5 Å². The van der Waals surface area contributed by atoms with Crippen LogP contribution in [0, 0.1) is 0 Å². The Morgan fingerprint density at radius 2 is 2.40 bits per heavy atom. The normalized spacial score (nSPS) is 12.7. The number of nitrogens with one attached hydrogen (secondary N) is 1. The van der Waals surface area contributed by atoms with Gasteiger partial charge in [-0.15, -0.1) is 0 Å². The van der Waals surface area contributed by atoms with Crippen LogP contribution in [0.1, 0.15) is 13.3 Å². The lowest BCUT2D eigenvalue weighted by Crippen LogP contribution is -2.42. The molecule has 3 nitrogen and oxygen atoms in total. The van der Waals surface area contributed by atoms with Crippen molar-refractivity contribution in [3.05, 3.63) is 0 Å². The van der Waals surface area contributed by atoms with Gasteiger partial charge in [0.25, 0.3) is 0 Å². The van der Waals surface area contributed by atoms with Gasteiger partial charge in [0.2, 0.25) is 5.91 Å². The van der Waals surface area contributed by atoms with E-state index in [2.05, 4.69) is 17.9 Å². The minimum absolute atomic E-state index is 0.114. The highest BCUT2D eigenvalue weighted by molar-refractivity contribution is 7.80. The Morgan fingerprint density at radius 3 is 2.80 bits per heavy atom. The van der Waals surface area contributed by atoms with E-state index in [1.54, 1.807) is 0 Å². The van der Waals surface area contributed by atoms with E-state index in [4.69, 9.17) is 5.73 Å². The van der Waals surface area contributed by atoms with Crippen molar-refractivity contribution in [3.63, 3.8) is 0 Å². The molecule has 0 aliphatic rings. The standard InChI is InChI=1S/C6H14N2OS/c1-2-3-8-6(9)5(7)4-10/h5,10H,2-4,7H2,1H3,(H,8,9). The van der Waals surface area contributed by atoms with Crippen molar-refractivity contribution in [2.75, 3.05) is 12.3 Å². The van der Waals surface area contributed by atoms with Crippen molar-refractivity contribution in [2.45, 2.75) is 19.4 Å². The molecule has 0 fully saturated rings. The molecule has 1 unspecified atom stereocenters. The Kier molecular flexibility index (Phi) is 5.43. The number of thiol groups is 1. The Hall–Kier alpha value is -0.220. The summed E-state index contributed by atoms with van der Waals surface area (Å²) >= 11 is 3.89. The molecular formula is C6H14N2OS. The van der Waals surface area contributed by atoms with Crippen LogP contribution in [0.4, 0.5) is 0 Å². The predicted octanol–water partition coefficient (Wildman–Crippen LogP) is -0.230. The zero-order valence-corrected chi connectivity index (χ0v) is 7.03. The van der Waals surface area contributed by atoms with E-state index in [1.165, 1.54) is 0 Å². The Balaban J connectivity index is 3.42. The molecule has 0 aromatic heterocycles. The first kappa shape index (κ1) is 9.78. The number of amides is 1. The summed E-state index contributed by atoms with van der Waals surface area (Å²) in [4.78, 5) is 10.8. The second-order valence-corrected chi connectivity index (χ2v) is 2.45. The molecule has 0 aromatic rings. The Bertz CT molecular complexity index is 108. The molecule has 60 valence electrons. The van der Waals surface area contributed by atoms with Crippen LogP contribution in [0.3, 0.4) is 0 Å². The van der Waals surface area contributed by atoms with E-state index < -0.39 is 6.04 Å². The summed E-state index contributed by atoms with van der Waals surface area (Å²) in [6.45, 7) is 2.69. The van der Waals surface area contributed by atoms with Crippen molar-refractivity contribution in [1.29, 1.82) is 0 Å². The zero-order valence-electron chi connectivity index (χ0n) is 6.13. The van der Waals surface area contributed by atoms with Crippen LogP contribution in [0.25, 0.3) is 0 Å². The highest BCUT2D eigenvalue weighted by atomic mass is 32.1. The van der Waals surface area contributed by atoms with E-state index in [0.29, 0.717) is 12.3 Å². The van der Waals surface area contributed by atoms with Crippen LogP contribution < -0.4 is 11.1 Å². The maximum Gasteiger partial charge on any atom is 0.237 e. The molecule has 0 bridgehead atoms. The fraction of sp³-hybridized carbons (Fsp3) is 0.833. The number of hydrogen-bond donors (Lipinski definition) is 3. The van der Waals surface area contributed by atoms with Crippen LogP contribution >= 0.6 is 12.6 Å². The molecule has 1 amide bonds. The Morgan fingerprint density at radius 1 is 1.80 bits per heavy atom. The minimum Gasteiger partial charge on any atom is -0.355 e. The first-order chi connectivity index (χ1) is 4.72. The van der Waals surface area contributed by atoms with Crippen molar-refractivity contribution in [1.82, 2.24) is 5.32 Å². The third-order valence-corrected chi connectivity index (χ3v) is 1.48. The summed E-state index contributed by atoms with van der Waals surface area (Å²) in [5.41, 5.74) is 5.37. The third-order valence-electron chi connectivity index (χ3n) is 1.08. The molecule has 0 spiro atoms. The van der Waals surface area contributed by atoms with Gasteiger partial charge in [-0.3, -0.25) is 4.79 Å². The number of rotatable bonds is 4. The van der Waals surface area contributed by atoms with E-state index in [-0.39, 0.29) is 5.91 Å². The summed E-state index contributed by atoms with van der Waals surface area (Å²) in [5.74, 6) is 0.284. The summed E-state index contributed by atoms with van der Waals surface area (Å²) in [6, 6.07) is -0.463. The van der Waals surface area contributed by atoms with Gasteiger partial charge in [-0.05, 0) is 6.42 Å². The van der Waals surface area contributed by atoms with E-state index in [9.17, 15) is 4.79 Å². The van der Waals surface area contributed by atoms with E-state index in [0.717, 1.165) is 6.42 Å². The quantitative estimate of drug-likeness (QED) is 0.500. The van der Waals surface area contributed by atoms with Gasteiger partial charge in [0.15, 0.2) is 0 Å². The van der Waals surface area contributed by atoms with Crippen LogP contribution in [0.2, 0.25) is 0 Å². The molecule has 4 heteroatoms. The number of carbonyl (C=O) groups is 1. The second kappa shape index (κ2) is 5.56. The van der Waals surface area contributed by atoms with Crippen LogP contribution in [-0.2, 0) is 4.79 Å². The van der Waals surface area contributed by atoms with Gasteiger partial charge >= 0.3 is 0 Å². The molecule has 1 atom stereocenters. The second-order valence-electron chi connectivity index (χ2n) is 2.08. The summed E-state index contributed by atoms with van der Waals surface area (Å²) in [7, 11) is 0. The Labute approximate surface area is 66.8 Å². The van der Waals surface area contributed by atoms with Gasteiger partial charge in [-0.25, -0.2) is 0 Å². The topological polar surface area (TPSA) is 55.1 Å². The molecule has 0 heterocycles. The van der Waals surface area contributed by atoms with Gasteiger partial charge in [0.05, 0.1) is 6.04 Å². The fourth-order valence-corrected chi connectivity index (χ4v) is 0.628. The van der Waals surface area contributed by atoms with Gasteiger partial charge in [0, 0.05) is 12.3 Å². The highest BCUT2D eigenvalue weighted by Gasteiger charge is 2.08. The van der Waals surface area contributed by atoms with E-state index in [1.807, 2.05) is 6.92 Å². The molecule has 0 aromatic carbocycles. The average molecular weight is 162 g/mol. The lowest BCUT2D eigenvalue weighted by atomic mass is 10.3. The SMILES string of the molecule is CCCNC(=O)C(N)CS. The zero-order chi connectivity index (χ0) is 7.98. The lowest BCUT2D eigenvalue weighted by Gasteiger charge is -2.07.